The molecule has 0 saturated heterocycles. The molecular weight excluding hydrogens is 319 g/mol. The summed E-state index contributed by atoms with van der Waals surface area (Å²) in [5.74, 6) is -0.943. The van der Waals surface area contributed by atoms with Crippen LogP contribution in [-0.2, 0) is 11.2 Å². The third-order valence-electron chi connectivity index (χ3n) is 2.41. The standard InChI is InChI=1S/C12H10BrFN2O3/c13-7-4-5-9(14)8(6-7)12-16-15-10(19-12)2-1-3-11(17)18/h4-6H,1-3H2,(H,17,18). The lowest BCUT2D eigenvalue weighted by molar-refractivity contribution is -0.137. The number of hydrogen-bond acceptors (Lipinski definition) is 4. The quantitative estimate of drug-likeness (QED) is 0.912. The molecule has 0 amide bonds. The molecule has 0 unspecified atom stereocenters. The molecule has 0 aliphatic heterocycles. The monoisotopic (exact) mass is 328 g/mol. The number of aromatic nitrogens is 2. The summed E-state index contributed by atoms with van der Waals surface area (Å²) in [5.41, 5.74) is 0.214. The van der Waals surface area contributed by atoms with E-state index < -0.39 is 11.8 Å². The largest absolute Gasteiger partial charge is 0.481 e. The molecule has 1 heterocycles. The Bertz CT molecular complexity index is 600. The van der Waals surface area contributed by atoms with Crippen LogP contribution >= 0.6 is 15.9 Å². The number of carbonyl (C=O) groups is 1. The number of nitrogens with zero attached hydrogens (tertiary/aromatic N) is 2. The van der Waals surface area contributed by atoms with Crippen molar-refractivity contribution in [1.29, 1.82) is 0 Å². The predicted octanol–water partition coefficient (Wildman–Crippen LogP) is 3.05. The molecule has 0 bridgehead atoms. The highest BCUT2D eigenvalue weighted by atomic mass is 79.9. The number of hydrogen-bond donors (Lipinski definition) is 1. The number of halogens is 2. The molecule has 0 spiro atoms. The molecule has 0 aliphatic rings. The lowest BCUT2D eigenvalue weighted by atomic mass is 10.2. The van der Waals surface area contributed by atoms with E-state index in [0.717, 1.165) is 0 Å². The average molecular weight is 329 g/mol. The summed E-state index contributed by atoms with van der Waals surface area (Å²) in [6, 6.07) is 4.42. The van der Waals surface area contributed by atoms with Crippen molar-refractivity contribution in [3.63, 3.8) is 0 Å². The molecule has 1 N–H and O–H groups in total. The van der Waals surface area contributed by atoms with E-state index in [-0.39, 0.29) is 17.9 Å². The van der Waals surface area contributed by atoms with Gasteiger partial charge >= 0.3 is 5.97 Å². The second-order valence-corrected chi connectivity index (χ2v) is 4.79. The summed E-state index contributed by atoms with van der Waals surface area (Å²) in [7, 11) is 0. The van der Waals surface area contributed by atoms with Crippen molar-refractivity contribution in [3.05, 3.63) is 34.4 Å². The molecule has 0 radical (unpaired) electrons. The summed E-state index contributed by atoms with van der Waals surface area (Å²) < 4.78 is 19.6. The van der Waals surface area contributed by atoms with E-state index in [1.165, 1.54) is 6.07 Å². The van der Waals surface area contributed by atoms with Crippen LogP contribution in [0.15, 0.2) is 27.1 Å². The van der Waals surface area contributed by atoms with Crippen LogP contribution < -0.4 is 0 Å². The van der Waals surface area contributed by atoms with Gasteiger partial charge in [0, 0.05) is 17.3 Å². The van der Waals surface area contributed by atoms with Crippen LogP contribution in [0.4, 0.5) is 4.39 Å². The van der Waals surface area contributed by atoms with Crippen LogP contribution in [0.5, 0.6) is 0 Å². The fourth-order valence-corrected chi connectivity index (χ4v) is 1.88. The van der Waals surface area contributed by atoms with Crippen molar-refractivity contribution in [1.82, 2.24) is 10.2 Å². The lowest BCUT2D eigenvalue weighted by Gasteiger charge is -1.98. The van der Waals surface area contributed by atoms with E-state index in [9.17, 15) is 9.18 Å². The first-order valence-corrected chi connectivity index (χ1v) is 6.35. The summed E-state index contributed by atoms with van der Waals surface area (Å²) in [6.07, 6.45) is 0.788. The first-order chi connectivity index (χ1) is 9.06. The molecule has 7 heteroatoms. The normalized spacial score (nSPS) is 10.6. The van der Waals surface area contributed by atoms with Gasteiger partial charge in [-0.3, -0.25) is 4.79 Å². The van der Waals surface area contributed by atoms with Gasteiger partial charge in [0.25, 0.3) is 5.89 Å². The van der Waals surface area contributed by atoms with E-state index in [1.54, 1.807) is 12.1 Å². The van der Waals surface area contributed by atoms with Crippen molar-refractivity contribution in [2.24, 2.45) is 0 Å². The maximum atomic E-state index is 13.6. The second-order valence-electron chi connectivity index (χ2n) is 3.87. The predicted molar refractivity (Wildman–Crippen MR) is 68.0 cm³/mol. The molecular formula is C12H10BrFN2O3. The second kappa shape index (κ2) is 5.92. The fourth-order valence-electron chi connectivity index (χ4n) is 1.52. The Morgan fingerprint density at radius 1 is 1.42 bits per heavy atom. The summed E-state index contributed by atoms with van der Waals surface area (Å²) in [6.45, 7) is 0. The maximum absolute atomic E-state index is 13.6. The van der Waals surface area contributed by atoms with Crippen molar-refractivity contribution >= 4 is 21.9 Å². The number of rotatable bonds is 5. The molecule has 2 rings (SSSR count). The number of benzene rings is 1. The zero-order chi connectivity index (χ0) is 13.8. The minimum absolute atomic E-state index is 0.0307. The molecule has 5 nitrogen and oxygen atoms in total. The van der Waals surface area contributed by atoms with Gasteiger partial charge in [-0.15, -0.1) is 10.2 Å². The summed E-state index contributed by atoms with van der Waals surface area (Å²) >= 11 is 3.24. The summed E-state index contributed by atoms with van der Waals surface area (Å²) in [4.78, 5) is 10.4. The number of aryl methyl sites for hydroxylation is 1. The van der Waals surface area contributed by atoms with Gasteiger partial charge in [-0.25, -0.2) is 4.39 Å². The van der Waals surface area contributed by atoms with Crippen LogP contribution in [0.2, 0.25) is 0 Å². The highest BCUT2D eigenvalue weighted by molar-refractivity contribution is 9.10. The Kier molecular flexibility index (Phi) is 4.26. The third-order valence-corrected chi connectivity index (χ3v) is 2.90. The molecule has 0 atom stereocenters. The minimum Gasteiger partial charge on any atom is -0.481 e. The molecule has 0 saturated carbocycles. The van der Waals surface area contributed by atoms with Gasteiger partial charge < -0.3 is 9.52 Å². The molecule has 1 aromatic heterocycles. The molecule has 19 heavy (non-hydrogen) atoms. The van der Waals surface area contributed by atoms with Crippen molar-refractivity contribution in [2.45, 2.75) is 19.3 Å². The van der Waals surface area contributed by atoms with Gasteiger partial charge in [0.1, 0.15) is 5.82 Å². The first-order valence-electron chi connectivity index (χ1n) is 5.56. The van der Waals surface area contributed by atoms with Gasteiger partial charge in [0.15, 0.2) is 0 Å². The Morgan fingerprint density at radius 2 is 2.21 bits per heavy atom. The lowest BCUT2D eigenvalue weighted by Crippen LogP contribution is -1.95. The SMILES string of the molecule is O=C(O)CCCc1nnc(-c2cc(Br)ccc2F)o1. The molecule has 0 aliphatic carbocycles. The zero-order valence-electron chi connectivity index (χ0n) is 9.77. The number of carboxylic acids is 1. The van der Waals surface area contributed by atoms with Crippen LogP contribution in [0.3, 0.4) is 0 Å². The van der Waals surface area contributed by atoms with E-state index in [2.05, 4.69) is 26.1 Å². The molecule has 100 valence electrons. The van der Waals surface area contributed by atoms with Crippen molar-refractivity contribution < 1.29 is 18.7 Å². The van der Waals surface area contributed by atoms with Crippen LogP contribution in [-0.4, -0.2) is 21.3 Å². The molecule has 2 aromatic rings. The molecule has 0 fully saturated rings. The summed E-state index contributed by atoms with van der Waals surface area (Å²) in [5, 5.41) is 16.1. The topological polar surface area (TPSA) is 76.2 Å². The molecule has 1 aromatic carbocycles. The zero-order valence-corrected chi connectivity index (χ0v) is 11.4. The van der Waals surface area contributed by atoms with E-state index >= 15 is 0 Å². The minimum atomic E-state index is -0.877. The van der Waals surface area contributed by atoms with E-state index in [0.29, 0.717) is 23.2 Å². The number of aliphatic carboxylic acids is 1. The van der Waals surface area contributed by atoms with Crippen LogP contribution in [0, 0.1) is 5.82 Å². The highest BCUT2D eigenvalue weighted by Gasteiger charge is 2.13. The first kappa shape index (κ1) is 13.7. The Hall–Kier alpha value is -1.76. The maximum Gasteiger partial charge on any atom is 0.303 e. The fraction of sp³-hybridized carbons (Fsp3) is 0.250. The average Bonchev–Trinajstić information content (AvgIpc) is 2.80. The van der Waals surface area contributed by atoms with Gasteiger partial charge in [0.2, 0.25) is 5.89 Å². The van der Waals surface area contributed by atoms with Gasteiger partial charge in [-0.2, -0.15) is 0 Å². The van der Waals surface area contributed by atoms with Crippen molar-refractivity contribution in [3.8, 4) is 11.5 Å². The van der Waals surface area contributed by atoms with E-state index in [4.69, 9.17) is 9.52 Å². The highest BCUT2D eigenvalue weighted by Crippen LogP contribution is 2.25. The van der Waals surface area contributed by atoms with Gasteiger partial charge in [-0.05, 0) is 24.6 Å². The van der Waals surface area contributed by atoms with Crippen molar-refractivity contribution in [2.75, 3.05) is 0 Å². The Morgan fingerprint density at radius 3 is 2.95 bits per heavy atom. The smallest absolute Gasteiger partial charge is 0.303 e. The van der Waals surface area contributed by atoms with Crippen LogP contribution in [0.25, 0.3) is 11.5 Å². The Balaban J connectivity index is 2.12. The van der Waals surface area contributed by atoms with E-state index in [1.807, 2.05) is 0 Å². The van der Waals surface area contributed by atoms with Crippen LogP contribution in [0.1, 0.15) is 18.7 Å². The van der Waals surface area contributed by atoms with Gasteiger partial charge in [0.05, 0.1) is 5.56 Å². The third kappa shape index (κ3) is 3.60. The van der Waals surface area contributed by atoms with Gasteiger partial charge in [-0.1, -0.05) is 15.9 Å². The Labute approximate surface area is 116 Å². The number of carboxylic acid groups (broad SMARTS) is 1.